The number of anilines is 1. The third kappa shape index (κ3) is 2.24. The van der Waals surface area contributed by atoms with Gasteiger partial charge < -0.3 is 10.4 Å². The molecule has 0 spiro atoms. The quantitative estimate of drug-likeness (QED) is 0.909. The number of carbonyl (C=O) groups is 1. The minimum Gasteiger partial charge on any atom is -0.480 e. The van der Waals surface area contributed by atoms with Gasteiger partial charge in [0.05, 0.1) is 5.39 Å². The zero-order valence-corrected chi connectivity index (χ0v) is 12.4. The average Bonchev–Trinajstić information content (AvgIpc) is 2.75. The Balaban J connectivity index is 2.17. The number of thiophene rings is 1. The lowest BCUT2D eigenvalue weighted by Gasteiger charge is -2.19. The van der Waals surface area contributed by atoms with Gasteiger partial charge in [-0.25, -0.2) is 9.97 Å². The van der Waals surface area contributed by atoms with E-state index in [-0.39, 0.29) is 6.54 Å². The Morgan fingerprint density at radius 2 is 2.30 bits per heavy atom. The summed E-state index contributed by atoms with van der Waals surface area (Å²) in [5, 5.41) is 12.8. The Morgan fingerprint density at radius 1 is 1.50 bits per heavy atom. The maximum atomic E-state index is 10.8. The number of hydrogen-bond acceptors (Lipinski definition) is 5. The third-order valence-corrected chi connectivity index (χ3v) is 4.88. The second kappa shape index (κ2) is 5.01. The normalized spacial score (nSPS) is 18.0. The highest BCUT2D eigenvalue weighted by Crippen LogP contribution is 2.43. The molecule has 0 saturated carbocycles. The first kappa shape index (κ1) is 13.3. The van der Waals surface area contributed by atoms with Crippen LogP contribution in [0.2, 0.25) is 0 Å². The summed E-state index contributed by atoms with van der Waals surface area (Å²) in [6.07, 6.45) is 3.48. The van der Waals surface area contributed by atoms with Crippen LogP contribution in [0.5, 0.6) is 0 Å². The number of nitrogens with one attached hydrogen (secondary N) is 1. The highest BCUT2D eigenvalue weighted by molar-refractivity contribution is 7.19. The molecule has 0 radical (unpaired) electrons. The van der Waals surface area contributed by atoms with Crippen LogP contribution in [0.1, 0.15) is 41.9 Å². The van der Waals surface area contributed by atoms with Crippen LogP contribution in [-0.2, 0) is 11.2 Å². The summed E-state index contributed by atoms with van der Waals surface area (Å²) in [5.74, 6) is 0.952. The number of hydrogen-bond donors (Lipinski definition) is 2. The second-order valence-electron chi connectivity index (χ2n) is 5.28. The molecule has 3 rings (SSSR count). The summed E-state index contributed by atoms with van der Waals surface area (Å²) in [6, 6.07) is 0. The van der Waals surface area contributed by atoms with Gasteiger partial charge in [-0.1, -0.05) is 6.92 Å². The van der Waals surface area contributed by atoms with Crippen LogP contribution in [0, 0.1) is 6.92 Å². The Bertz CT molecular complexity index is 681. The molecule has 0 bridgehead atoms. The molecule has 5 nitrogen and oxygen atoms in total. The Kier molecular flexibility index (Phi) is 3.33. The molecule has 2 N–H and O–H groups in total. The number of aryl methyl sites for hydroxylation is 2. The van der Waals surface area contributed by atoms with Crippen molar-refractivity contribution < 1.29 is 9.90 Å². The van der Waals surface area contributed by atoms with Crippen LogP contribution in [-0.4, -0.2) is 27.6 Å². The van der Waals surface area contributed by atoms with E-state index in [0.717, 1.165) is 16.6 Å². The second-order valence-corrected chi connectivity index (χ2v) is 6.36. The van der Waals surface area contributed by atoms with E-state index in [0.29, 0.717) is 17.6 Å². The number of carboxylic acid groups (broad SMARTS) is 1. The predicted octanol–water partition coefficient (Wildman–Crippen LogP) is 2.94. The zero-order chi connectivity index (χ0) is 14.3. The molecule has 2 heterocycles. The maximum Gasteiger partial charge on any atom is 0.322 e. The highest BCUT2D eigenvalue weighted by Gasteiger charge is 2.25. The van der Waals surface area contributed by atoms with Crippen LogP contribution in [0.4, 0.5) is 5.82 Å². The van der Waals surface area contributed by atoms with Crippen molar-refractivity contribution in [2.75, 3.05) is 11.9 Å². The smallest absolute Gasteiger partial charge is 0.322 e. The molecule has 1 atom stereocenters. The van der Waals surface area contributed by atoms with Crippen LogP contribution in [0.25, 0.3) is 10.2 Å². The lowest BCUT2D eigenvalue weighted by atomic mass is 9.87. The topological polar surface area (TPSA) is 75.1 Å². The van der Waals surface area contributed by atoms with Crippen molar-refractivity contribution >= 4 is 33.3 Å². The van der Waals surface area contributed by atoms with E-state index in [1.54, 1.807) is 11.3 Å². The SMILES string of the molecule is Cc1nc(NCC(=O)O)c2c3c(sc2n1)CCC[C@@H]3C. The monoisotopic (exact) mass is 291 g/mol. The Hall–Kier alpha value is -1.69. The number of aliphatic carboxylic acids is 1. The van der Waals surface area contributed by atoms with Crippen molar-refractivity contribution in [2.45, 2.75) is 39.0 Å². The van der Waals surface area contributed by atoms with Crippen molar-refractivity contribution in [3.63, 3.8) is 0 Å². The zero-order valence-electron chi connectivity index (χ0n) is 11.6. The van der Waals surface area contributed by atoms with Crippen molar-refractivity contribution in [1.29, 1.82) is 0 Å². The van der Waals surface area contributed by atoms with E-state index < -0.39 is 5.97 Å². The fourth-order valence-corrected chi connectivity index (χ4v) is 4.26. The summed E-state index contributed by atoms with van der Waals surface area (Å²) in [4.78, 5) is 22.1. The van der Waals surface area contributed by atoms with Crippen LogP contribution in [0.15, 0.2) is 0 Å². The maximum absolute atomic E-state index is 10.8. The van der Waals surface area contributed by atoms with Gasteiger partial charge in [-0.05, 0) is 37.7 Å². The van der Waals surface area contributed by atoms with Crippen molar-refractivity contribution in [1.82, 2.24) is 9.97 Å². The molecule has 106 valence electrons. The minimum absolute atomic E-state index is 0.120. The van der Waals surface area contributed by atoms with Gasteiger partial charge in [0.2, 0.25) is 0 Å². The van der Waals surface area contributed by atoms with Gasteiger partial charge in [-0.3, -0.25) is 4.79 Å². The van der Waals surface area contributed by atoms with Gasteiger partial charge >= 0.3 is 5.97 Å². The number of aromatic nitrogens is 2. The van der Waals surface area contributed by atoms with E-state index in [2.05, 4.69) is 22.2 Å². The Morgan fingerprint density at radius 3 is 3.05 bits per heavy atom. The molecule has 20 heavy (non-hydrogen) atoms. The molecule has 2 aromatic heterocycles. The van der Waals surface area contributed by atoms with Crippen LogP contribution < -0.4 is 5.32 Å². The fraction of sp³-hybridized carbons (Fsp3) is 0.500. The van der Waals surface area contributed by atoms with Gasteiger partial charge in [-0.2, -0.15) is 0 Å². The van der Waals surface area contributed by atoms with Gasteiger partial charge in [0.25, 0.3) is 0 Å². The van der Waals surface area contributed by atoms with Gasteiger partial charge in [0.1, 0.15) is 23.0 Å². The molecular formula is C14H17N3O2S. The van der Waals surface area contributed by atoms with Gasteiger partial charge in [0.15, 0.2) is 0 Å². The molecular weight excluding hydrogens is 274 g/mol. The molecule has 2 aromatic rings. The minimum atomic E-state index is -0.883. The number of rotatable bonds is 3. The van der Waals surface area contributed by atoms with E-state index in [1.807, 2.05) is 6.92 Å². The molecule has 1 aliphatic rings. The third-order valence-electron chi connectivity index (χ3n) is 3.72. The average molecular weight is 291 g/mol. The lowest BCUT2D eigenvalue weighted by Crippen LogP contribution is -2.14. The molecule has 0 aromatic carbocycles. The van der Waals surface area contributed by atoms with E-state index in [4.69, 9.17) is 5.11 Å². The first-order chi connectivity index (χ1) is 9.56. The summed E-state index contributed by atoms with van der Waals surface area (Å²) >= 11 is 1.73. The number of nitrogens with zero attached hydrogens (tertiary/aromatic N) is 2. The Labute approximate surface area is 121 Å². The fourth-order valence-electron chi connectivity index (χ4n) is 2.88. The first-order valence-corrected chi connectivity index (χ1v) is 7.63. The summed E-state index contributed by atoms with van der Waals surface area (Å²) in [7, 11) is 0. The summed E-state index contributed by atoms with van der Waals surface area (Å²) in [6.45, 7) is 3.95. The lowest BCUT2D eigenvalue weighted by molar-refractivity contribution is -0.134. The van der Waals surface area contributed by atoms with E-state index >= 15 is 0 Å². The van der Waals surface area contributed by atoms with E-state index in [1.165, 1.54) is 23.3 Å². The molecule has 0 unspecified atom stereocenters. The van der Waals surface area contributed by atoms with Gasteiger partial charge in [0, 0.05) is 4.88 Å². The van der Waals surface area contributed by atoms with Crippen LogP contribution >= 0.6 is 11.3 Å². The first-order valence-electron chi connectivity index (χ1n) is 6.82. The molecule has 6 heteroatoms. The van der Waals surface area contributed by atoms with Crippen molar-refractivity contribution in [3.8, 4) is 0 Å². The molecule has 1 aliphatic carbocycles. The molecule has 0 amide bonds. The molecule has 0 aliphatic heterocycles. The van der Waals surface area contributed by atoms with Crippen LogP contribution in [0.3, 0.4) is 0 Å². The van der Waals surface area contributed by atoms with Crippen molar-refractivity contribution in [2.24, 2.45) is 0 Å². The molecule has 0 fully saturated rings. The molecule has 0 saturated heterocycles. The number of fused-ring (bicyclic) bond motifs is 3. The summed E-state index contributed by atoms with van der Waals surface area (Å²) in [5.41, 5.74) is 1.32. The highest BCUT2D eigenvalue weighted by atomic mass is 32.1. The largest absolute Gasteiger partial charge is 0.480 e. The summed E-state index contributed by atoms with van der Waals surface area (Å²) < 4.78 is 0. The predicted molar refractivity (Wildman–Crippen MR) is 79.6 cm³/mol. The van der Waals surface area contributed by atoms with Gasteiger partial charge in [-0.15, -0.1) is 11.3 Å². The van der Waals surface area contributed by atoms with E-state index in [9.17, 15) is 4.79 Å². The number of carboxylic acids is 1. The van der Waals surface area contributed by atoms with Crippen molar-refractivity contribution in [3.05, 3.63) is 16.3 Å². The standard InChI is InChI=1S/C14H17N3O2S/c1-7-4-3-5-9-11(7)12-13(15-6-10(18)19)16-8(2)17-14(12)20-9/h7H,3-6H2,1-2H3,(H,18,19)(H,15,16,17)/t7-/m0/s1.